The van der Waals surface area contributed by atoms with Gasteiger partial charge in [-0.1, -0.05) is 69.2 Å². The molecular formula is C20H23FO. The number of rotatable bonds is 7. The molecule has 2 aromatic carbocycles. The summed E-state index contributed by atoms with van der Waals surface area (Å²) in [4.78, 5) is 12.5. The number of halogens is 1. The van der Waals surface area contributed by atoms with Gasteiger partial charge < -0.3 is 0 Å². The molecule has 1 unspecified atom stereocenters. The van der Waals surface area contributed by atoms with E-state index in [0.29, 0.717) is 11.1 Å². The molecule has 0 spiro atoms. The van der Waals surface area contributed by atoms with Gasteiger partial charge >= 0.3 is 0 Å². The Bertz CT molecular complexity index is 619. The lowest BCUT2D eigenvalue weighted by Gasteiger charge is -2.14. The third kappa shape index (κ3) is 3.82. The van der Waals surface area contributed by atoms with Crippen LogP contribution < -0.4 is 0 Å². The fourth-order valence-corrected chi connectivity index (χ4v) is 2.73. The Morgan fingerprint density at radius 3 is 2.41 bits per heavy atom. The Labute approximate surface area is 132 Å². The summed E-state index contributed by atoms with van der Waals surface area (Å²) < 4.78 is 14.4. The highest BCUT2D eigenvalue weighted by molar-refractivity contribution is 5.98. The molecule has 0 saturated heterocycles. The first-order valence-electron chi connectivity index (χ1n) is 8.06. The van der Waals surface area contributed by atoms with E-state index in [1.165, 1.54) is 6.07 Å². The molecule has 0 aliphatic rings. The molecule has 0 radical (unpaired) electrons. The van der Waals surface area contributed by atoms with Gasteiger partial charge in [0.1, 0.15) is 5.82 Å². The van der Waals surface area contributed by atoms with Crippen molar-refractivity contribution in [2.45, 2.75) is 39.5 Å². The minimum Gasteiger partial charge on any atom is -0.294 e. The lowest BCUT2D eigenvalue weighted by molar-refractivity contribution is 0.0908. The van der Waals surface area contributed by atoms with E-state index in [-0.39, 0.29) is 17.5 Å². The van der Waals surface area contributed by atoms with Crippen LogP contribution in [0.4, 0.5) is 4.39 Å². The smallest absolute Gasteiger partial charge is 0.166 e. The number of hydrogen-bond acceptors (Lipinski definition) is 1. The summed E-state index contributed by atoms with van der Waals surface area (Å²) in [5.41, 5.74) is 1.86. The Morgan fingerprint density at radius 2 is 1.82 bits per heavy atom. The molecule has 0 N–H and O–H groups in total. The first-order valence-corrected chi connectivity index (χ1v) is 8.06. The number of carbonyl (C=O) groups excluding carboxylic acids is 1. The van der Waals surface area contributed by atoms with Gasteiger partial charge in [-0.25, -0.2) is 4.39 Å². The molecule has 2 heteroatoms. The third-order valence-corrected chi connectivity index (χ3v) is 4.11. The lowest BCUT2D eigenvalue weighted by atomic mass is 9.90. The van der Waals surface area contributed by atoms with Crippen LogP contribution in [0, 0.1) is 11.7 Å². The zero-order chi connectivity index (χ0) is 15.9. The summed E-state index contributed by atoms with van der Waals surface area (Å²) in [6, 6.07) is 14.3. The van der Waals surface area contributed by atoms with Crippen LogP contribution in [-0.4, -0.2) is 5.78 Å². The van der Waals surface area contributed by atoms with Gasteiger partial charge in [-0.15, -0.1) is 0 Å². The molecule has 116 valence electrons. The van der Waals surface area contributed by atoms with Crippen LogP contribution in [0.15, 0.2) is 48.5 Å². The number of ketones is 1. The molecule has 0 bridgehead atoms. The number of benzene rings is 2. The standard InChI is InChI=1S/C20H23FO/c1-3-5-9-15(4-2)20(22)17-12-13-18(19(21)14-17)16-10-7-6-8-11-16/h6-8,10-15H,3-5,9H2,1-2H3. The van der Waals surface area contributed by atoms with Gasteiger partial charge in [0.2, 0.25) is 0 Å². The van der Waals surface area contributed by atoms with Crippen molar-refractivity contribution in [3.05, 3.63) is 59.9 Å². The minimum atomic E-state index is -0.331. The molecule has 1 atom stereocenters. The van der Waals surface area contributed by atoms with Crippen LogP contribution >= 0.6 is 0 Å². The monoisotopic (exact) mass is 298 g/mol. The summed E-state index contributed by atoms with van der Waals surface area (Å²) in [6.07, 6.45) is 3.80. The maximum atomic E-state index is 14.4. The summed E-state index contributed by atoms with van der Waals surface area (Å²) in [6.45, 7) is 4.14. The maximum absolute atomic E-state index is 14.4. The molecule has 2 aromatic rings. The second-order valence-electron chi connectivity index (χ2n) is 5.67. The van der Waals surface area contributed by atoms with Crippen molar-refractivity contribution in [3.8, 4) is 11.1 Å². The van der Waals surface area contributed by atoms with E-state index in [1.807, 2.05) is 37.3 Å². The van der Waals surface area contributed by atoms with Gasteiger partial charge in [0.05, 0.1) is 0 Å². The maximum Gasteiger partial charge on any atom is 0.166 e. The normalized spacial score (nSPS) is 12.1. The van der Waals surface area contributed by atoms with Gasteiger partial charge in [-0.05, 0) is 24.5 Å². The molecule has 0 amide bonds. The molecular weight excluding hydrogens is 275 g/mol. The highest BCUT2D eigenvalue weighted by Crippen LogP contribution is 2.25. The topological polar surface area (TPSA) is 17.1 Å². The van der Waals surface area contributed by atoms with Crippen LogP contribution in [0.1, 0.15) is 49.9 Å². The van der Waals surface area contributed by atoms with Crippen molar-refractivity contribution in [2.75, 3.05) is 0 Å². The first kappa shape index (κ1) is 16.4. The van der Waals surface area contributed by atoms with Gasteiger partial charge in [-0.3, -0.25) is 4.79 Å². The molecule has 1 nitrogen and oxygen atoms in total. The fraction of sp³-hybridized carbons (Fsp3) is 0.350. The molecule has 22 heavy (non-hydrogen) atoms. The fourth-order valence-electron chi connectivity index (χ4n) is 2.73. The van der Waals surface area contributed by atoms with Crippen LogP contribution in [-0.2, 0) is 0 Å². The molecule has 0 aliphatic heterocycles. The van der Waals surface area contributed by atoms with E-state index >= 15 is 0 Å². The Hall–Kier alpha value is -1.96. The van der Waals surface area contributed by atoms with Crippen LogP contribution in [0.3, 0.4) is 0 Å². The van der Waals surface area contributed by atoms with E-state index in [1.54, 1.807) is 12.1 Å². The van der Waals surface area contributed by atoms with Crippen molar-refractivity contribution in [2.24, 2.45) is 5.92 Å². The van der Waals surface area contributed by atoms with Crippen LogP contribution in [0.5, 0.6) is 0 Å². The number of Topliss-reactive ketones (excluding diaryl/α,β-unsaturated/α-hetero) is 1. The van der Waals surface area contributed by atoms with E-state index in [4.69, 9.17) is 0 Å². The minimum absolute atomic E-state index is 0.00178. The van der Waals surface area contributed by atoms with Crippen LogP contribution in [0.2, 0.25) is 0 Å². The summed E-state index contributed by atoms with van der Waals surface area (Å²) >= 11 is 0. The predicted octanol–water partition coefficient (Wildman–Crippen LogP) is 5.89. The quantitative estimate of drug-likeness (QED) is 0.582. The van der Waals surface area contributed by atoms with Gasteiger partial charge in [0.15, 0.2) is 5.78 Å². The molecule has 0 heterocycles. The molecule has 0 fully saturated rings. The van der Waals surface area contributed by atoms with Crippen molar-refractivity contribution < 1.29 is 9.18 Å². The average molecular weight is 298 g/mol. The summed E-state index contributed by atoms with van der Waals surface area (Å²) in [5.74, 6) is -0.265. The largest absolute Gasteiger partial charge is 0.294 e. The highest BCUT2D eigenvalue weighted by Gasteiger charge is 2.19. The zero-order valence-corrected chi connectivity index (χ0v) is 13.3. The molecule has 2 rings (SSSR count). The predicted molar refractivity (Wildman–Crippen MR) is 89.5 cm³/mol. The number of unbranched alkanes of at least 4 members (excludes halogenated alkanes) is 1. The highest BCUT2D eigenvalue weighted by atomic mass is 19.1. The SMILES string of the molecule is CCCCC(CC)C(=O)c1ccc(-c2ccccc2)c(F)c1. The Balaban J connectivity index is 2.23. The van der Waals surface area contributed by atoms with Crippen LogP contribution in [0.25, 0.3) is 11.1 Å². The molecule has 0 aliphatic carbocycles. The van der Waals surface area contributed by atoms with Gasteiger partial charge in [0, 0.05) is 17.0 Å². The Kier molecular flexibility index (Phi) is 5.88. The summed E-state index contributed by atoms with van der Waals surface area (Å²) in [7, 11) is 0. The lowest BCUT2D eigenvalue weighted by Crippen LogP contribution is -2.14. The molecule has 0 saturated carbocycles. The third-order valence-electron chi connectivity index (χ3n) is 4.11. The van der Waals surface area contributed by atoms with Crippen molar-refractivity contribution in [3.63, 3.8) is 0 Å². The van der Waals surface area contributed by atoms with Crippen molar-refractivity contribution >= 4 is 5.78 Å². The second kappa shape index (κ2) is 7.88. The van der Waals surface area contributed by atoms with Crippen molar-refractivity contribution in [1.29, 1.82) is 0 Å². The average Bonchev–Trinajstić information content (AvgIpc) is 2.56. The zero-order valence-electron chi connectivity index (χ0n) is 13.3. The summed E-state index contributed by atoms with van der Waals surface area (Å²) in [5, 5.41) is 0. The second-order valence-corrected chi connectivity index (χ2v) is 5.67. The van der Waals surface area contributed by atoms with E-state index in [0.717, 1.165) is 31.2 Å². The Morgan fingerprint density at radius 1 is 1.09 bits per heavy atom. The van der Waals surface area contributed by atoms with E-state index in [9.17, 15) is 9.18 Å². The first-order chi connectivity index (χ1) is 10.7. The van der Waals surface area contributed by atoms with Gasteiger partial charge in [-0.2, -0.15) is 0 Å². The number of carbonyl (C=O) groups is 1. The van der Waals surface area contributed by atoms with Gasteiger partial charge in [0.25, 0.3) is 0 Å². The number of hydrogen-bond donors (Lipinski definition) is 0. The molecule has 0 aromatic heterocycles. The van der Waals surface area contributed by atoms with Crippen molar-refractivity contribution in [1.82, 2.24) is 0 Å². The van der Waals surface area contributed by atoms with E-state index in [2.05, 4.69) is 6.92 Å². The van der Waals surface area contributed by atoms with E-state index < -0.39 is 0 Å².